The van der Waals surface area contributed by atoms with Crippen molar-refractivity contribution in [3.63, 3.8) is 0 Å². The minimum absolute atomic E-state index is 0.0356. The highest BCUT2D eigenvalue weighted by Crippen LogP contribution is 2.41. The Bertz CT molecular complexity index is 1000. The third-order valence-corrected chi connectivity index (χ3v) is 12.5. The lowest BCUT2D eigenvalue weighted by molar-refractivity contribution is 0.0546. The van der Waals surface area contributed by atoms with Gasteiger partial charge in [0.1, 0.15) is 11.9 Å². The second-order valence-corrected chi connectivity index (χ2v) is 15.7. The lowest BCUT2D eigenvalue weighted by atomic mass is 10.1. The Morgan fingerprint density at radius 2 is 2.17 bits per heavy atom. The third kappa shape index (κ3) is 3.14. The van der Waals surface area contributed by atoms with Crippen LogP contribution in [-0.4, -0.2) is 57.3 Å². The molecule has 1 aromatic carbocycles. The standard InChI is InChI=1S/C21H29N3O4SSi/c1-21(2,3)30(4,5)28-11-15-18-13(10-27-15)22-19(25)24(18)20-23-17-12-8-9-26-14(12)6-7-16(17)29-20/h6-7,13,15,18H,8-11H2,1-5H3,(H,22,25)/t13-,15+,18-/m0/s1. The van der Waals surface area contributed by atoms with Gasteiger partial charge in [0.05, 0.1) is 42.1 Å². The Morgan fingerprint density at radius 1 is 1.37 bits per heavy atom. The van der Waals surface area contributed by atoms with E-state index in [-0.39, 0.29) is 29.3 Å². The number of anilines is 1. The normalized spacial score (nSPS) is 26.1. The van der Waals surface area contributed by atoms with E-state index in [0.29, 0.717) is 19.8 Å². The molecule has 30 heavy (non-hydrogen) atoms. The first-order valence-electron chi connectivity index (χ1n) is 10.6. The highest BCUT2D eigenvalue weighted by Gasteiger charge is 2.51. The van der Waals surface area contributed by atoms with Crippen molar-refractivity contribution in [3.05, 3.63) is 17.7 Å². The molecule has 1 N–H and O–H groups in total. The highest BCUT2D eigenvalue weighted by molar-refractivity contribution is 7.22. The van der Waals surface area contributed by atoms with Crippen LogP contribution in [0.1, 0.15) is 26.3 Å². The number of fused-ring (bicyclic) bond motifs is 4. The maximum absolute atomic E-state index is 12.9. The molecule has 3 aliphatic rings. The molecule has 0 radical (unpaired) electrons. The zero-order valence-electron chi connectivity index (χ0n) is 18.2. The van der Waals surface area contributed by atoms with Crippen molar-refractivity contribution in [2.45, 2.75) is 63.5 Å². The summed E-state index contributed by atoms with van der Waals surface area (Å²) in [5.41, 5.74) is 2.10. The zero-order valence-corrected chi connectivity index (χ0v) is 20.0. The molecule has 0 unspecified atom stereocenters. The van der Waals surface area contributed by atoms with Gasteiger partial charge in [-0.15, -0.1) is 0 Å². The highest BCUT2D eigenvalue weighted by atomic mass is 32.1. The summed E-state index contributed by atoms with van der Waals surface area (Å²) in [5, 5.41) is 3.93. The van der Waals surface area contributed by atoms with Crippen LogP contribution in [0.25, 0.3) is 10.2 Å². The maximum Gasteiger partial charge on any atom is 0.324 e. The summed E-state index contributed by atoms with van der Waals surface area (Å²) in [6.45, 7) is 12.9. The van der Waals surface area contributed by atoms with Crippen molar-refractivity contribution in [1.29, 1.82) is 0 Å². The number of nitrogens with one attached hydrogen (secondary N) is 1. The van der Waals surface area contributed by atoms with Crippen LogP contribution in [0.15, 0.2) is 12.1 Å². The van der Waals surface area contributed by atoms with Gasteiger partial charge in [-0.2, -0.15) is 0 Å². The number of carbonyl (C=O) groups excluding carboxylic acids is 1. The number of hydrogen-bond acceptors (Lipinski definition) is 6. The molecule has 2 saturated heterocycles. The quantitative estimate of drug-likeness (QED) is 0.719. The topological polar surface area (TPSA) is 72.9 Å². The molecule has 3 aliphatic heterocycles. The van der Waals surface area contributed by atoms with Crippen molar-refractivity contribution >= 4 is 41.0 Å². The summed E-state index contributed by atoms with van der Waals surface area (Å²) in [7, 11) is -1.90. The van der Waals surface area contributed by atoms with E-state index in [2.05, 4.69) is 39.2 Å². The fraction of sp³-hybridized carbons (Fsp3) is 0.619. The smallest absolute Gasteiger partial charge is 0.324 e. The lowest BCUT2D eigenvalue weighted by Crippen LogP contribution is -2.48. The molecule has 5 rings (SSSR count). The number of hydrogen-bond donors (Lipinski definition) is 1. The Balaban J connectivity index is 1.43. The fourth-order valence-corrected chi connectivity index (χ4v) is 6.20. The van der Waals surface area contributed by atoms with Crippen LogP contribution in [-0.2, 0) is 15.6 Å². The average molecular weight is 448 g/mol. The Kier molecular flexibility index (Phi) is 4.66. The van der Waals surface area contributed by atoms with Gasteiger partial charge in [0.25, 0.3) is 0 Å². The number of urea groups is 1. The molecule has 0 aliphatic carbocycles. The first-order chi connectivity index (χ1) is 14.2. The van der Waals surface area contributed by atoms with Crippen LogP contribution in [0.4, 0.5) is 9.93 Å². The van der Waals surface area contributed by atoms with Gasteiger partial charge in [0.15, 0.2) is 13.4 Å². The zero-order chi connectivity index (χ0) is 21.3. The summed E-state index contributed by atoms with van der Waals surface area (Å²) in [6, 6.07) is 3.81. The molecule has 162 valence electrons. The Labute approximate surface area is 181 Å². The number of amides is 2. The van der Waals surface area contributed by atoms with Crippen molar-refractivity contribution in [2.75, 3.05) is 24.7 Å². The molecule has 2 fully saturated rings. The van der Waals surface area contributed by atoms with Gasteiger partial charge in [0, 0.05) is 12.0 Å². The van der Waals surface area contributed by atoms with Gasteiger partial charge in [-0.05, 0) is 30.3 Å². The third-order valence-electron chi connectivity index (χ3n) is 6.95. The summed E-state index contributed by atoms with van der Waals surface area (Å²) in [6.07, 6.45) is 0.698. The maximum atomic E-state index is 12.9. The van der Waals surface area contributed by atoms with Crippen LogP contribution < -0.4 is 15.0 Å². The first-order valence-corrected chi connectivity index (χ1v) is 14.3. The van der Waals surface area contributed by atoms with E-state index in [0.717, 1.165) is 33.1 Å². The molecule has 2 amide bonds. The molecule has 0 saturated carbocycles. The van der Waals surface area contributed by atoms with Crippen molar-refractivity contribution < 1.29 is 18.7 Å². The van der Waals surface area contributed by atoms with E-state index in [1.54, 1.807) is 16.2 Å². The van der Waals surface area contributed by atoms with Gasteiger partial charge in [0.2, 0.25) is 0 Å². The predicted molar refractivity (Wildman–Crippen MR) is 120 cm³/mol. The van der Waals surface area contributed by atoms with Crippen molar-refractivity contribution in [3.8, 4) is 5.75 Å². The van der Waals surface area contributed by atoms with E-state index in [1.807, 2.05) is 12.1 Å². The van der Waals surface area contributed by atoms with E-state index >= 15 is 0 Å². The van der Waals surface area contributed by atoms with E-state index < -0.39 is 8.32 Å². The van der Waals surface area contributed by atoms with Crippen molar-refractivity contribution in [2.24, 2.45) is 0 Å². The summed E-state index contributed by atoms with van der Waals surface area (Å²) in [4.78, 5) is 19.5. The van der Waals surface area contributed by atoms with Gasteiger partial charge in [-0.3, -0.25) is 4.90 Å². The second kappa shape index (κ2) is 6.91. The number of benzene rings is 1. The molecular formula is C21H29N3O4SSi. The number of carbonyl (C=O) groups is 1. The van der Waals surface area contributed by atoms with Crippen LogP contribution in [0, 0.1) is 0 Å². The lowest BCUT2D eigenvalue weighted by Gasteiger charge is -2.37. The first kappa shape index (κ1) is 20.2. The van der Waals surface area contributed by atoms with E-state index in [1.165, 1.54) is 0 Å². The molecule has 2 aromatic rings. The predicted octanol–water partition coefficient (Wildman–Crippen LogP) is 3.92. The Hall–Kier alpha value is -1.68. The number of aromatic nitrogens is 1. The SMILES string of the molecule is CC(C)(C)[Si](C)(C)OC[C@H]1OC[C@@H]2NC(=O)N(c3nc4c5c(ccc4s3)OCC5)[C@@H]21. The monoisotopic (exact) mass is 447 g/mol. The minimum Gasteiger partial charge on any atom is -0.493 e. The molecular weight excluding hydrogens is 418 g/mol. The second-order valence-electron chi connectivity index (χ2n) is 9.84. The van der Waals surface area contributed by atoms with Gasteiger partial charge in [-0.1, -0.05) is 32.1 Å². The minimum atomic E-state index is -1.90. The Morgan fingerprint density at radius 3 is 2.93 bits per heavy atom. The fourth-order valence-electron chi connectivity index (χ4n) is 4.15. The molecule has 7 nitrogen and oxygen atoms in total. The molecule has 1 aromatic heterocycles. The summed E-state index contributed by atoms with van der Waals surface area (Å²) in [5.74, 6) is 0.910. The van der Waals surface area contributed by atoms with E-state index in [9.17, 15) is 4.79 Å². The van der Waals surface area contributed by atoms with Crippen LogP contribution in [0.3, 0.4) is 0 Å². The number of nitrogens with zero attached hydrogens (tertiary/aromatic N) is 2. The molecule has 3 atom stereocenters. The largest absolute Gasteiger partial charge is 0.493 e. The van der Waals surface area contributed by atoms with Crippen LogP contribution in [0.2, 0.25) is 18.1 Å². The summed E-state index contributed by atoms with van der Waals surface area (Å²) < 4.78 is 19.3. The molecule has 4 heterocycles. The molecule has 0 bridgehead atoms. The number of ether oxygens (including phenoxy) is 2. The molecule has 9 heteroatoms. The van der Waals surface area contributed by atoms with Crippen LogP contribution >= 0.6 is 11.3 Å². The van der Waals surface area contributed by atoms with Gasteiger partial charge < -0.3 is 19.2 Å². The number of thiazole rings is 1. The van der Waals surface area contributed by atoms with Gasteiger partial charge >= 0.3 is 6.03 Å². The van der Waals surface area contributed by atoms with E-state index in [4.69, 9.17) is 18.9 Å². The molecule has 0 spiro atoms. The number of rotatable bonds is 4. The van der Waals surface area contributed by atoms with Crippen molar-refractivity contribution in [1.82, 2.24) is 10.3 Å². The van der Waals surface area contributed by atoms with Gasteiger partial charge in [-0.25, -0.2) is 9.78 Å². The average Bonchev–Trinajstić information content (AvgIpc) is 3.40. The van der Waals surface area contributed by atoms with Crippen LogP contribution in [0.5, 0.6) is 5.75 Å². The summed E-state index contributed by atoms with van der Waals surface area (Å²) >= 11 is 1.55.